The predicted molar refractivity (Wildman–Crippen MR) is 63.1 cm³/mol. The molecule has 5 heteroatoms. The average Bonchev–Trinajstić information content (AvgIpc) is 2.35. The minimum atomic E-state index is -0.652. The zero-order valence-corrected chi connectivity index (χ0v) is 9.73. The molecule has 0 saturated carbocycles. The van der Waals surface area contributed by atoms with Crippen molar-refractivity contribution in [3.63, 3.8) is 0 Å². The van der Waals surface area contributed by atoms with Crippen molar-refractivity contribution in [1.29, 1.82) is 0 Å². The Morgan fingerprint density at radius 3 is 2.53 bits per heavy atom. The Kier molecular flexibility index (Phi) is 5.57. The maximum Gasteiger partial charge on any atom is 0.426 e. The molecule has 1 aromatic rings. The van der Waals surface area contributed by atoms with Gasteiger partial charge < -0.3 is 4.74 Å². The molecule has 0 fully saturated rings. The number of rotatable bonds is 4. The number of amides is 2. The van der Waals surface area contributed by atoms with Crippen molar-refractivity contribution in [3.05, 3.63) is 35.9 Å². The summed E-state index contributed by atoms with van der Waals surface area (Å²) in [6.07, 6.45) is 0.300. The molecule has 0 aromatic heterocycles. The molecule has 0 unspecified atom stereocenters. The summed E-state index contributed by atoms with van der Waals surface area (Å²) in [5, 5.41) is 0. The van der Waals surface area contributed by atoms with E-state index in [-0.39, 0.29) is 12.5 Å². The van der Waals surface area contributed by atoms with Crippen LogP contribution in [0.1, 0.15) is 18.9 Å². The molecule has 2 amide bonds. The zero-order valence-electron chi connectivity index (χ0n) is 9.73. The predicted octanol–water partition coefficient (Wildman–Crippen LogP) is 1.40. The van der Waals surface area contributed by atoms with Crippen LogP contribution in [0, 0.1) is 0 Å². The number of hydrogen-bond acceptors (Lipinski definition) is 3. The van der Waals surface area contributed by atoms with E-state index >= 15 is 0 Å². The van der Waals surface area contributed by atoms with Gasteiger partial charge in [0.25, 0.3) is 0 Å². The van der Waals surface area contributed by atoms with E-state index in [0.717, 1.165) is 5.56 Å². The van der Waals surface area contributed by atoms with Crippen molar-refractivity contribution in [1.82, 2.24) is 10.9 Å². The molecule has 0 aliphatic heterocycles. The summed E-state index contributed by atoms with van der Waals surface area (Å²) in [5.74, 6) is -0.248. The van der Waals surface area contributed by atoms with Gasteiger partial charge in [-0.25, -0.2) is 10.2 Å². The third-order valence-electron chi connectivity index (χ3n) is 2.06. The van der Waals surface area contributed by atoms with Crippen molar-refractivity contribution in [3.8, 4) is 0 Å². The molecular weight excluding hydrogens is 220 g/mol. The lowest BCUT2D eigenvalue weighted by atomic mass is 10.1. The molecule has 0 atom stereocenters. The van der Waals surface area contributed by atoms with Crippen molar-refractivity contribution >= 4 is 12.0 Å². The Morgan fingerprint density at radius 2 is 1.88 bits per heavy atom. The third kappa shape index (κ3) is 5.55. The summed E-state index contributed by atoms with van der Waals surface area (Å²) in [7, 11) is 0. The first-order valence-electron chi connectivity index (χ1n) is 5.48. The van der Waals surface area contributed by atoms with Gasteiger partial charge in [0.1, 0.15) is 0 Å². The van der Waals surface area contributed by atoms with E-state index in [1.54, 1.807) is 6.92 Å². The van der Waals surface area contributed by atoms with Crippen LogP contribution in [0.5, 0.6) is 0 Å². The van der Waals surface area contributed by atoms with Crippen molar-refractivity contribution in [2.45, 2.75) is 19.8 Å². The molecule has 0 radical (unpaired) electrons. The van der Waals surface area contributed by atoms with Crippen LogP contribution < -0.4 is 10.9 Å². The van der Waals surface area contributed by atoms with Gasteiger partial charge in [-0.2, -0.15) is 0 Å². The molecule has 0 heterocycles. The minimum absolute atomic E-state index is 0.248. The largest absolute Gasteiger partial charge is 0.449 e. The van der Waals surface area contributed by atoms with Crippen LogP contribution in [0.15, 0.2) is 30.3 Å². The van der Waals surface area contributed by atoms with Gasteiger partial charge in [0.15, 0.2) is 0 Å². The fourth-order valence-electron chi connectivity index (χ4n) is 1.25. The normalized spacial score (nSPS) is 9.47. The van der Waals surface area contributed by atoms with E-state index in [9.17, 15) is 9.59 Å². The maximum absolute atomic E-state index is 11.3. The topological polar surface area (TPSA) is 67.4 Å². The fraction of sp³-hybridized carbons (Fsp3) is 0.333. The summed E-state index contributed by atoms with van der Waals surface area (Å²) in [4.78, 5) is 22.2. The first-order chi connectivity index (χ1) is 8.22. The molecule has 17 heavy (non-hydrogen) atoms. The first-order valence-corrected chi connectivity index (χ1v) is 5.48. The van der Waals surface area contributed by atoms with E-state index in [1.807, 2.05) is 30.3 Å². The molecule has 0 aliphatic rings. The molecule has 0 bridgehead atoms. The van der Waals surface area contributed by atoms with Crippen molar-refractivity contribution in [2.75, 3.05) is 6.61 Å². The van der Waals surface area contributed by atoms with Gasteiger partial charge in [0.2, 0.25) is 5.91 Å². The Morgan fingerprint density at radius 1 is 1.18 bits per heavy atom. The highest BCUT2D eigenvalue weighted by Crippen LogP contribution is 2.01. The summed E-state index contributed by atoms with van der Waals surface area (Å²) in [5.41, 5.74) is 5.52. The second-order valence-electron chi connectivity index (χ2n) is 3.38. The van der Waals surface area contributed by atoms with Crippen LogP contribution in [0.25, 0.3) is 0 Å². The SMILES string of the molecule is CCOC(=O)NNC(=O)CCc1ccccc1. The van der Waals surface area contributed by atoms with Gasteiger partial charge in [-0.3, -0.25) is 10.2 Å². The van der Waals surface area contributed by atoms with Gasteiger partial charge in [-0.1, -0.05) is 30.3 Å². The summed E-state index contributed by atoms with van der Waals surface area (Å²) >= 11 is 0. The van der Waals surface area contributed by atoms with Gasteiger partial charge in [0, 0.05) is 6.42 Å². The molecule has 92 valence electrons. The highest BCUT2D eigenvalue weighted by atomic mass is 16.5. The molecule has 0 aliphatic carbocycles. The molecule has 5 nitrogen and oxygen atoms in total. The molecule has 2 N–H and O–H groups in total. The van der Waals surface area contributed by atoms with E-state index in [0.29, 0.717) is 12.8 Å². The van der Waals surface area contributed by atoms with Crippen LogP contribution in [0.3, 0.4) is 0 Å². The lowest BCUT2D eigenvalue weighted by Crippen LogP contribution is -2.42. The second kappa shape index (κ2) is 7.27. The summed E-state index contributed by atoms with van der Waals surface area (Å²) in [6.45, 7) is 1.96. The Labute approximate surface area is 100 Å². The number of ether oxygens (including phenoxy) is 1. The number of aryl methyl sites for hydroxylation is 1. The molecule has 0 saturated heterocycles. The highest BCUT2D eigenvalue weighted by Gasteiger charge is 2.04. The number of carbonyl (C=O) groups is 2. The zero-order chi connectivity index (χ0) is 12.5. The summed E-state index contributed by atoms with van der Waals surface area (Å²) < 4.78 is 4.59. The number of nitrogens with one attached hydrogen (secondary N) is 2. The minimum Gasteiger partial charge on any atom is -0.449 e. The van der Waals surface area contributed by atoms with Crippen LogP contribution in [-0.4, -0.2) is 18.6 Å². The Hall–Kier alpha value is -2.04. The monoisotopic (exact) mass is 236 g/mol. The van der Waals surface area contributed by atoms with Gasteiger partial charge >= 0.3 is 6.09 Å². The van der Waals surface area contributed by atoms with Crippen LogP contribution in [0.4, 0.5) is 4.79 Å². The lowest BCUT2D eigenvalue weighted by molar-refractivity contribution is -0.121. The van der Waals surface area contributed by atoms with E-state index in [2.05, 4.69) is 15.6 Å². The molecule has 1 rings (SSSR count). The fourth-order valence-corrected chi connectivity index (χ4v) is 1.25. The van der Waals surface area contributed by atoms with E-state index in [1.165, 1.54) is 0 Å². The van der Waals surface area contributed by atoms with Gasteiger partial charge in [-0.15, -0.1) is 0 Å². The van der Waals surface area contributed by atoms with Gasteiger partial charge in [0.05, 0.1) is 6.61 Å². The number of benzene rings is 1. The molecule has 1 aromatic carbocycles. The Balaban J connectivity index is 2.20. The number of carbonyl (C=O) groups excluding carboxylic acids is 2. The number of hydrogen-bond donors (Lipinski definition) is 2. The van der Waals surface area contributed by atoms with Crippen LogP contribution >= 0.6 is 0 Å². The standard InChI is InChI=1S/C12H16N2O3/c1-2-17-12(16)14-13-11(15)9-8-10-6-4-3-5-7-10/h3-7H,2,8-9H2,1H3,(H,13,15)(H,14,16). The Bertz CT molecular complexity index is 365. The molecular formula is C12H16N2O3. The third-order valence-corrected chi connectivity index (χ3v) is 2.06. The van der Waals surface area contributed by atoms with Crippen molar-refractivity contribution in [2.24, 2.45) is 0 Å². The average molecular weight is 236 g/mol. The quantitative estimate of drug-likeness (QED) is 0.776. The smallest absolute Gasteiger partial charge is 0.426 e. The number of hydrazine groups is 1. The van der Waals surface area contributed by atoms with E-state index < -0.39 is 6.09 Å². The maximum atomic E-state index is 11.3. The second-order valence-corrected chi connectivity index (χ2v) is 3.38. The van der Waals surface area contributed by atoms with E-state index in [4.69, 9.17) is 0 Å². The van der Waals surface area contributed by atoms with Crippen LogP contribution in [-0.2, 0) is 16.0 Å². The molecule has 0 spiro atoms. The van der Waals surface area contributed by atoms with Crippen molar-refractivity contribution < 1.29 is 14.3 Å². The highest BCUT2D eigenvalue weighted by molar-refractivity contribution is 5.79. The van der Waals surface area contributed by atoms with Crippen LogP contribution in [0.2, 0.25) is 0 Å². The summed E-state index contributed by atoms with van der Waals surface area (Å²) in [6, 6.07) is 9.66. The lowest BCUT2D eigenvalue weighted by Gasteiger charge is -2.06. The first kappa shape index (κ1) is 13.0. The van der Waals surface area contributed by atoms with Gasteiger partial charge in [-0.05, 0) is 18.9 Å².